The van der Waals surface area contributed by atoms with Crippen molar-refractivity contribution >= 4 is 45.9 Å². The number of anilines is 4. The molecule has 0 bridgehead atoms. The zero-order valence-corrected chi connectivity index (χ0v) is 16.5. The molecule has 28 heavy (non-hydrogen) atoms. The average Bonchev–Trinajstić information content (AvgIpc) is 2.67. The van der Waals surface area contributed by atoms with Gasteiger partial charge < -0.3 is 10.6 Å². The minimum atomic E-state index is 0.417. The van der Waals surface area contributed by atoms with Crippen LogP contribution >= 0.6 is 11.6 Å². The van der Waals surface area contributed by atoms with Crippen LogP contribution in [-0.4, -0.2) is 19.9 Å². The van der Waals surface area contributed by atoms with Gasteiger partial charge in [0.15, 0.2) is 17.0 Å². The first kappa shape index (κ1) is 18.1. The van der Waals surface area contributed by atoms with Crippen LogP contribution in [0.15, 0.2) is 48.8 Å². The summed E-state index contributed by atoms with van der Waals surface area (Å²) < 4.78 is 0. The summed E-state index contributed by atoms with van der Waals surface area (Å²) in [5.41, 5.74) is 6.21. The summed E-state index contributed by atoms with van der Waals surface area (Å²) in [7, 11) is 0. The van der Waals surface area contributed by atoms with E-state index in [2.05, 4.69) is 56.5 Å². The lowest BCUT2D eigenvalue weighted by molar-refractivity contribution is 1.14. The molecule has 0 fully saturated rings. The minimum absolute atomic E-state index is 0.417. The molecule has 0 aliphatic carbocycles. The summed E-state index contributed by atoms with van der Waals surface area (Å²) in [4.78, 5) is 17.8. The minimum Gasteiger partial charge on any atom is -0.338 e. The quantitative estimate of drug-likeness (QED) is 0.480. The van der Waals surface area contributed by atoms with Gasteiger partial charge in [0.25, 0.3) is 0 Å². The third kappa shape index (κ3) is 3.73. The van der Waals surface area contributed by atoms with E-state index in [4.69, 9.17) is 11.6 Å². The molecule has 0 atom stereocenters. The lowest BCUT2D eigenvalue weighted by Gasteiger charge is -2.13. The molecule has 4 aromatic rings. The molecule has 0 spiro atoms. The molecule has 0 aliphatic heterocycles. The Hall–Kier alpha value is -3.25. The first-order chi connectivity index (χ1) is 13.5. The molecule has 2 aromatic carbocycles. The zero-order valence-electron chi connectivity index (χ0n) is 15.8. The first-order valence-corrected chi connectivity index (χ1v) is 9.23. The maximum Gasteiger partial charge on any atom is 0.231 e. The van der Waals surface area contributed by atoms with Gasteiger partial charge in [-0.05, 0) is 50.1 Å². The van der Waals surface area contributed by atoms with Crippen molar-refractivity contribution in [1.29, 1.82) is 0 Å². The Bertz CT molecular complexity index is 1170. The van der Waals surface area contributed by atoms with E-state index in [1.165, 1.54) is 5.56 Å². The van der Waals surface area contributed by atoms with Crippen LogP contribution in [0.2, 0.25) is 5.02 Å². The highest BCUT2D eigenvalue weighted by Gasteiger charge is 2.12. The third-order valence-corrected chi connectivity index (χ3v) is 4.80. The monoisotopic (exact) mass is 390 g/mol. The number of aromatic nitrogens is 4. The highest BCUT2D eigenvalue weighted by Crippen LogP contribution is 2.27. The Labute approximate surface area is 168 Å². The predicted octanol–water partition coefficient (Wildman–Crippen LogP) is 5.49. The maximum atomic E-state index is 6.23. The highest BCUT2D eigenvalue weighted by atomic mass is 35.5. The van der Waals surface area contributed by atoms with Gasteiger partial charge in [-0.3, -0.25) is 0 Å². The number of rotatable bonds is 4. The van der Waals surface area contributed by atoms with Crippen molar-refractivity contribution < 1.29 is 0 Å². The average molecular weight is 391 g/mol. The van der Waals surface area contributed by atoms with Crippen molar-refractivity contribution in [2.75, 3.05) is 10.6 Å². The summed E-state index contributed by atoms with van der Waals surface area (Å²) in [6, 6.07) is 11.9. The van der Waals surface area contributed by atoms with Crippen molar-refractivity contribution in [1.82, 2.24) is 19.9 Å². The van der Waals surface area contributed by atoms with Crippen molar-refractivity contribution in [2.45, 2.75) is 20.8 Å². The molecule has 0 unspecified atom stereocenters. The molecule has 7 heteroatoms. The zero-order chi connectivity index (χ0) is 19.7. The van der Waals surface area contributed by atoms with E-state index in [-0.39, 0.29) is 0 Å². The van der Waals surface area contributed by atoms with Crippen molar-refractivity contribution in [3.63, 3.8) is 0 Å². The van der Waals surface area contributed by atoms with Gasteiger partial charge in [0.1, 0.15) is 0 Å². The van der Waals surface area contributed by atoms with Crippen LogP contribution in [-0.2, 0) is 0 Å². The Morgan fingerprint density at radius 3 is 2.43 bits per heavy atom. The maximum absolute atomic E-state index is 6.23. The highest BCUT2D eigenvalue weighted by molar-refractivity contribution is 6.31. The SMILES string of the molecule is Cc1ccc(Nc2nc(Nc3ccc(C)c(Cl)c3)nc3nccnc23)c(C)c1. The molecule has 2 N–H and O–H groups in total. The van der Waals surface area contributed by atoms with Crippen LogP contribution < -0.4 is 10.6 Å². The smallest absolute Gasteiger partial charge is 0.231 e. The van der Waals surface area contributed by atoms with Gasteiger partial charge in [-0.25, -0.2) is 9.97 Å². The van der Waals surface area contributed by atoms with Gasteiger partial charge in [0.05, 0.1) is 0 Å². The molecular weight excluding hydrogens is 372 g/mol. The van der Waals surface area contributed by atoms with Crippen LogP contribution in [0.5, 0.6) is 0 Å². The van der Waals surface area contributed by atoms with Crippen molar-refractivity contribution in [3.8, 4) is 0 Å². The fourth-order valence-corrected chi connectivity index (χ4v) is 3.07. The normalized spacial score (nSPS) is 10.9. The number of nitrogens with one attached hydrogen (secondary N) is 2. The molecule has 0 amide bonds. The summed E-state index contributed by atoms with van der Waals surface area (Å²) in [6.07, 6.45) is 3.24. The fraction of sp³-hybridized carbons (Fsp3) is 0.143. The summed E-state index contributed by atoms with van der Waals surface area (Å²) >= 11 is 6.23. The molecule has 140 valence electrons. The Morgan fingerprint density at radius 1 is 0.821 bits per heavy atom. The molecule has 0 saturated heterocycles. The molecule has 0 aliphatic rings. The molecule has 0 saturated carbocycles. The molecule has 2 aromatic heterocycles. The topological polar surface area (TPSA) is 75.6 Å². The second kappa shape index (κ2) is 7.40. The van der Waals surface area contributed by atoms with E-state index in [0.717, 1.165) is 22.5 Å². The Kier molecular flexibility index (Phi) is 4.79. The fourth-order valence-electron chi connectivity index (χ4n) is 2.89. The van der Waals surface area contributed by atoms with E-state index in [9.17, 15) is 0 Å². The number of nitrogens with zero attached hydrogens (tertiary/aromatic N) is 4. The van der Waals surface area contributed by atoms with Gasteiger partial charge >= 0.3 is 0 Å². The van der Waals surface area contributed by atoms with Gasteiger partial charge in [0, 0.05) is 28.8 Å². The lowest BCUT2D eigenvalue weighted by atomic mass is 10.1. The summed E-state index contributed by atoms with van der Waals surface area (Å²) in [5.74, 6) is 1.01. The van der Waals surface area contributed by atoms with Gasteiger partial charge in [-0.2, -0.15) is 9.97 Å². The number of hydrogen-bond acceptors (Lipinski definition) is 6. The second-order valence-corrected chi connectivity index (χ2v) is 7.06. The number of aryl methyl sites for hydroxylation is 3. The van der Waals surface area contributed by atoms with Crippen LogP contribution in [0.4, 0.5) is 23.1 Å². The molecule has 0 radical (unpaired) electrons. The van der Waals surface area contributed by atoms with Crippen molar-refractivity contribution in [3.05, 3.63) is 70.5 Å². The van der Waals surface area contributed by atoms with E-state index >= 15 is 0 Å². The third-order valence-electron chi connectivity index (χ3n) is 4.40. The summed E-state index contributed by atoms with van der Waals surface area (Å²) in [5, 5.41) is 7.25. The number of hydrogen-bond donors (Lipinski definition) is 2. The van der Waals surface area contributed by atoms with E-state index in [1.54, 1.807) is 12.4 Å². The number of halogens is 1. The first-order valence-electron chi connectivity index (χ1n) is 8.86. The van der Waals surface area contributed by atoms with Crippen molar-refractivity contribution in [2.24, 2.45) is 0 Å². The van der Waals surface area contributed by atoms with E-state index < -0.39 is 0 Å². The van der Waals surface area contributed by atoms with Gasteiger partial charge in [0.2, 0.25) is 5.95 Å². The molecule has 2 heterocycles. The lowest BCUT2D eigenvalue weighted by Crippen LogP contribution is -2.05. The number of benzene rings is 2. The number of fused-ring (bicyclic) bond motifs is 1. The van der Waals surface area contributed by atoms with E-state index in [1.807, 2.05) is 31.2 Å². The summed E-state index contributed by atoms with van der Waals surface area (Å²) in [6.45, 7) is 6.08. The Morgan fingerprint density at radius 2 is 1.64 bits per heavy atom. The molecular formula is C21H19ClN6. The van der Waals surface area contributed by atoms with Crippen LogP contribution in [0.25, 0.3) is 11.2 Å². The standard InChI is InChI=1S/C21H19ClN6/c1-12-4-7-17(14(3)10-12)26-20-18-19(24-9-8-23-18)27-21(28-20)25-15-6-5-13(2)16(22)11-15/h4-11H,1-3H3,(H2,24,25,26,27,28). The van der Waals surface area contributed by atoms with Gasteiger partial charge in [-0.15, -0.1) is 0 Å². The van der Waals surface area contributed by atoms with Crippen LogP contribution in [0, 0.1) is 20.8 Å². The Balaban J connectivity index is 1.75. The van der Waals surface area contributed by atoms with Crippen LogP contribution in [0.1, 0.15) is 16.7 Å². The van der Waals surface area contributed by atoms with E-state index in [0.29, 0.717) is 28.0 Å². The molecule has 4 rings (SSSR count). The second-order valence-electron chi connectivity index (χ2n) is 6.66. The predicted molar refractivity (Wildman–Crippen MR) is 114 cm³/mol. The van der Waals surface area contributed by atoms with Crippen LogP contribution in [0.3, 0.4) is 0 Å². The molecule has 6 nitrogen and oxygen atoms in total. The van der Waals surface area contributed by atoms with Gasteiger partial charge in [-0.1, -0.05) is 35.4 Å². The largest absolute Gasteiger partial charge is 0.338 e.